The van der Waals surface area contributed by atoms with E-state index in [1.165, 1.54) is 12.1 Å². The first-order chi connectivity index (χ1) is 9.69. The molecule has 0 amide bonds. The second-order valence-electron chi connectivity index (χ2n) is 4.34. The lowest BCUT2D eigenvalue weighted by Gasteiger charge is -2.06. The molecule has 5 nitrogen and oxygen atoms in total. The topological polar surface area (TPSA) is 83.8 Å². The van der Waals surface area contributed by atoms with E-state index in [1.54, 1.807) is 12.3 Å². The van der Waals surface area contributed by atoms with Crippen molar-refractivity contribution in [3.63, 3.8) is 0 Å². The van der Waals surface area contributed by atoms with Crippen molar-refractivity contribution in [1.82, 2.24) is 5.32 Å². The number of amidine groups is 1. The van der Waals surface area contributed by atoms with E-state index >= 15 is 0 Å². The molecule has 6 heteroatoms. The summed E-state index contributed by atoms with van der Waals surface area (Å²) in [6, 6.07) is 8.05. The summed E-state index contributed by atoms with van der Waals surface area (Å²) in [6.07, 6.45) is 2.39. The molecular weight excluding hydrogens is 261 g/mol. The molecule has 0 radical (unpaired) electrons. The van der Waals surface area contributed by atoms with Crippen LogP contribution in [-0.2, 0) is 13.0 Å². The van der Waals surface area contributed by atoms with E-state index in [1.807, 2.05) is 12.1 Å². The highest BCUT2D eigenvalue weighted by Crippen LogP contribution is 2.09. The van der Waals surface area contributed by atoms with Gasteiger partial charge in [-0.25, -0.2) is 4.39 Å². The van der Waals surface area contributed by atoms with Crippen molar-refractivity contribution >= 4 is 5.84 Å². The van der Waals surface area contributed by atoms with Crippen molar-refractivity contribution in [3.05, 3.63) is 59.3 Å². The molecule has 0 fully saturated rings. The number of nitrogens with two attached hydrogens (primary N) is 1. The van der Waals surface area contributed by atoms with Crippen LogP contribution in [0.5, 0.6) is 0 Å². The predicted octanol–water partition coefficient (Wildman–Crippen LogP) is 1.85. The monoisotopic (exact) mass is 277 g/mol. The van der Waals surface area contributed by atoms with Crippen LogP contribution in [-0.4, -0.2) is 17.6 Å². The van der Waals surface area contributed by atoms with E-state index in [0.717, 1.165) is 17.7 Å². The Morgan fingerprint density at radius 3 is 2.95 bits per heavy atom. The van der Waals surface area contributed by atoms with Gasteiger partial charge in [-0.1, -0.05) is 5.16 Å². The highest BCUT2D eigenvalue weighted by molar-refractivity contribution is 5.97. The molecule has 0 aliphatic rings. The Labute approximate surface area is 115 Å². The Kier molecular flexibility index (Phi) is 4.73. The molecule has 0 bridgehead atoms. The van der Waals surface area contributed by atoms with E-state index in [4.69, 9.17) is 15.4 Å². The summed E-state index contributed by atoms with van der Waals surface area (Å²) < 4.78 is 18.6. The van der Waals surface area contributed by atoms with Crippen LogP contribution in [0.25, 0.3) is 0 Å². The van der Waals surface area contributed by atoms with Crippen molar-refractivity contribution < 1.29 is 14.0 Å². The number of nitrogens with zero attached hydrogens (tertiary/aromatic N) is 1. The van der Waals surface area contributed by atoms with Gasteiger partial charge in [0, 0.05) is 25.1 Å². The van der Waals surface area contributed by atoms with Gasteiger partial charge >= 0.3 is 0 Å². The van der Waals surface area contributed by atoms with Gasteiger partial charge in [0.1, 0.15) is 11.6 Å². The highest BCUT2D eigenvalue weighted by Gasteiger charge is 2.05. The van der Waals surface area contributed by atoms with Gasteiger partial charge in [-0.05, 0) is 35.9 Å². The van der Waals surface area contributed by atoms with Crippen molar-refractivity contribution in [3.8, 4) is 0 Å². The number of hydrogen-bond donors (Lipinski definition) is 3. The quantitative estimate of drug-likeness (QED) is 0.247. The minimum absolute atomic E-state index is 0.110. The molecule has 0 saturated carbocycles. The van der Waals surface area contributed by atoms with E-state index in [0.29, 0.717) is 18.7 Å². The lowest BCUT2D eigenvalue weighted by Crippen LogP contribution is -2.18. The molecule has 2 aromatic rings. The zero-order valence-corrected chi connectivity index (χ0v) is 10.8. The smallest absolute Gasteiger partial charge is 0.170 e. The fraction of sp³-hybridized carbons (Fsp3) is 0.214. The minimum atomic E-state index is -0.420. The molecule has 0 spiro atoms. The number of rotatable bonds is 6. The molecule has 0 aliphatic carbocycles. The summed E-state index contributed by atoms with van der Waals surface area (Å²) in [4.78, 5) is 0. The molecule has 2 rings (SSSR count). The summed E-state index contributed by atoms with van der Waals surface area (Å²) in [5.41, 5.74) is 6.54. The average Bonchev–Trinajstić information content (AvgIpc) is 2.95. The summed E-state index contributed by atoms with van der Waals surface area (Å²) in [5.74, 6) is 0.368. The van der Waals surface area contributed by atoms with Gasteiger partial charge in [-0.15, -0.1) is 0 Å². The molecule has 1 aromatic carbocycles. The number of halogens is 1. The SMILES string of the molecule is N/C(=N/O)c1cc(F)cc(CNCCc2ccco2)c1. The van der Waals surface area contributed by atoms with Crippen molar-refractivity contribution in [1.29, 1.82) is 0 Å². The van der Waals surface area contributed by atoms with Gasteiger partial charge in [-0.3, -0.25) is 0 Å². The van der Waals surface area contributed by atoms with Crippen molar-refractivity contribution in [2.24, 2.45) is 10.9 Å². The predicted molar refractivity (Wildman–Crippen MR) is 73.0 cm³/mol. The standard InChI is InChI=1S/C14H16FN3O2/c15-12-7-10(6-11(8-12)14(16)18-19)9-17-4-3-13-2-1-5-20-13/h1-2,5-8,17,19H,3-4,9H2,(H2,16,18). The van der Waals surface area contributed by atoms with Crippen LogP contribution in [0.1, 0.15) is 16.9 Å². The fourth-order valence-corrected chi connectivity index (χ4v) is 1.86. The second-order valence-corrected chi connectivity index (χ2v) is 4.34. The first-order valence-corrected chi connectivity index (χ1v) is 6.19. The molecule has 20 heavy (non-hydrogen) atoms. The summed E-state index contributed by atoms with van der Waals surface area (Å²) in [6.45, 7) is 1.20. The third-order valence-electron chi connectivity index (χ3n) is 2.82. The Morgan fingerprint density at radius 2 is 2.25 bits per heavy atom. The van der Waals surface area contributed by atoms with Gasteiger partial charge in [-0.2, -0.15) is 0 Å². The molecule has 4 N–H and O–H groups in total. The first-order valence-electron chi connectivity index (χ1n) is 6.19. The maximum absolute atomic E-state index is 13.4. The van der Waals surface area contributed by atoms with Crippen molar-refractivity contribution in [2.45, 2.75) is 13.0 Å². The van der Waals surface area contributed by atoms with E-state index in [2.05, 4.69) is 10.5 Å². The van der Waals surface area contributed by atoms with Crippen LogP contribution >= 0.6 is 0 Å². The summed E-state index contributed by atoms with van der Waals surface area (Å²) >= 11 is 0. The lowest BCUT2D eigenvalue weighted by molar-refractivity contribution is 0.318. The van der Waals surface area contributed by atoms with Gasteiger partial charge in [0.05, 0.1) is 6.26 Å². The van der Waals surface area contributed by atoms with Crippen LogP contribution in [0.15, 0.2) is 46.2 Å². The van der Waals surface area contributed by atoms with Crippen molar-refractivity contribution in [2.75, 3.05) is 6.54 Å². The average molecular weight is 277 g/mol. The lowest BCUT2D eigenvalue weighted by atomic mass is 10.1. The van der Waals surface area contributed by atoms with Crippen LogP contribution in [0.4, 0.5) is 4.39 Å². The Morgan fingerprint density at radius 1 is 1.40 bits per heavy atom. The van der Waals surface area contributed by atoms with E-state index in [9.17, 15) is 4.39 Å². The van der Waals surface area contributed by atoms with Crippen LogP contribution in [0.2, 0.25) is 0 Å². The Hall–Kier alpha value is -2.34. The Bertz CT molecular complexity index is 582. The first kappa shape index (κ1) is 14.1. The van der Waals surface area contributed by atoms with E-state index < -0.39 is 5.82 Å². The number of hydrogen-bond acceptors (Lipinski definition) is 4. The number of oxime groups is 1. The molecule has 0 saturated heterocycles. The Balaban J connectivity index is 1.90. The second kappa shape index (κ2) is 6.72. The molecule has 106 valence electrons. The largest absolute Gasteiger partial charge is 0.469 e. The third kappa shape index (κ3) is 3.83. The maximum atomic E-state index is 13.4. The third-order valence-corrected chi connectivity index (χ3v) is 2.82. The maximum Gasteiger partial charge on any atom is 0.170 e. The molecule has 0 atom stereocenters. The van der Waals surface area contributed by atoms with Crippen LogP contribution in [0, 0.1) is 5.82 Å². The van der Waals surface area contributed by atoms with Gasteiger partial charge < -0.3 is 20.7 Å². The molecule has 0 aliphatic heterocycles. The van der Waals surface area contributed by atoms with Crippen LogP contribution < -0.4 is 11.1 Å². The van der Waals surface area contributed by atoms with Gasteiger partial charge in [0.15, 0.2) is 5.84 Å². The molecular formula is C14H16FN3O2. The number of nitrogens with one attached hydrogen (secondary N) is 1. The van der Waals surface area contributed by atoms with Gasteiger partial charge in [0.2, 0.25) is 0 Å². The summed E-state index contributed by atoms with van der Waals surface area (Å²) in [5, 5.41) is 14.7. The molecule has 0 unspecified atom stereocenters. The molecule has 1 aromatic heterocycles. The normalized spacial score (nSPS) is 11.8. The highest BCUT2D eigenvalue weighted by atomic mass is 19.1. The number of benzene rings is 1. The zero-order chi connectivity index (χ0) is 14.4. The van der Waals surface area contributed by atoms with Gasteiger partial charge in [0.25, 0.3) is 0 Å². The fourth-order valence-electron chi connectivity index (χ4n) is 1.86. The van der Waals surface area contributed by atoms with Crippen LogP contribution in [0.3, 0.4) is 0 Å². The zero-order valence-electron chi connectivity index (χ0n) is 10.8. The molecule has 1 heterocycles. The van der Waals surface area contributed by atoms with E-state index in [-0.39, 0.29) is 5.84 Å². The number of furan rings is 1. The summed E-state index contributed by atoms with van der Waals surface area (Å²) in [7, 11) is 0. The minimum Gasteiger partial charge on any atom is -0.469 e.